The van der Waals surface area contributed by atoms with Gasteiger partial charge in [-0.1, -0.05) is 48.8 Å². The van der Waals surface area contributed by atoms with Gasteiger partial charge < -0.3 is 14.4 Å². The van der Waals surface area contributed by atoms with Gasteiger partial charge in [0.2, 0.25) is 0 Å². The Labute approximate surface area is 128 Å². The minimum absolute atomic E-state index is 0.0648. The molecule has 0 aliphatic carbocycles. The van der Waals surface area contributed by atoms with Crippen LogP contribution in [0.3, 0.4) is 0 Å². The molecule has 0 bridgehead atoms. The van der Waals surface area contributed by atoms with Crippen LogP contribution >= 0.6 is 0 Å². The molecule has 0 amide bonds. The fraction of sp³-hybridized carbons (Fsp3) is 0.294. The molecule has 0 saturated carbocycles. The first-order valence-corrected chi connectivity index (χ1v) is 7.29. The standard InChI is InChI=1S/C17H19NO4/c1-3-8-13(18-21-4-2)16-14(19)11-15(22-17(16)20)12-9-6-5-7-10-12/h5-7,9-11,19H,3-4,8H2,1-2H3. The minimum Gasteiger partial charge on any atom is -0.507 e. The maximum Gasteiger partial charge on any atom is 0.349 e. The predicted molar refractivity (Wildman–Crippen MR) is 85.1 cm³/mol. The van der Waals surface area contributed by atoms with Gasteiger partial charge in [0.05, 0.1) is 5.71 Å². The van der Waals surface area contributed by atoms with Crippen molar-refractivity contribution in [3.63, 3.8) is 0 Å². The molecule has 1 N–H and O–H groups in total. The van der Waals surface area contributed by atoms with Crippen LogP contribution in [0.2, 0.25) is 0 Å². The second-order valence-corrected chi connectivity index (χ2v) is 4.73. The average molecular weight is 301 g/mol. The fourth-order valence-electron chi connectivity index (χ4n) is 2.09. The average Bonchev–Trinajstić information content (AvgIpc) is 2.52. The van der Waals surface area contributed by atoms with E-state index in [-0.39, 0.29) is 11.3 Å². The Balaban J connectivity index is 2.48. The van der Waals surface area contributed by atoms with Crippen molar-refractivity contribution in [2.45, 2.75) is 26.7 Å². The summed E-state index contributed by atoms with van der Waals surface area (Å²) in [4.78, 5) is 17.3. The third kappa shape index (κ3) is 3.55. The maximum atomic E-state index is 12.3. The Hall–Kier alpha value is -2.56. The van der Waals surface area contributed by atoms with Crippen molar-refractivity contribution in [3.05, 3.63) is 52.4 Å². The summed E-state index contributed by atoms with van der Waals surface area (Å²) in [6.45, 7) is 4.15. The summed E-state index contributed by atoms with van der Waals surface area (Å²) < 4.78 is 5.33. The van der Waals surface area contributed by atoms with Crippen LogP contribution in [-0.2, 0) is 4.84 Å². The third-order valence-electron chi connectivity index (χ3n) is 3.07. The van der Waals surface area contributed by atoms with Crippen molar-refractivity contribution in [2.75, 3.05) is 6.61 Å². The topological polar surface area (TPSA) is 72.0 Å². The second kappa shape index (κ2) is 7.45. The van der Waals surface area contributed by atoms with Gasteiger partial charge in [-0.05, 0) is 13.3 Å². The number of aromatic hydroxyl groups is 1. The molecule has 0 spiro atoms. The smallest absolute Gasteiger partial charge is 0.349 e. The van der Waals surface area contributed by atoms with Gasteiger partial charge in [-0.3, -0.25) is 0 Å². The number of hydrogen-bond acceptors (Lipinski definition) is 5. The van der Waals surface area contributed by atoms with E-state index in [4.69, 9.17) is 9.25 Å². The molecule has 0 aliphatic heterocycles. The van der Waals surface area contributed by atoms with Crippen molar-refractivity contribution < 1.29 is 14.4 Å². The van der Waals surface area contributed by atoms with Crippen molar-refractivity contribution >= 4 is 5.71 Å². The number of benzene rings is 1. The van der Waals surface area contributed by atoms with E-state index in [2.05, 4.69) is 5.16 Å². The highest BCUT2D eigenvalue weighted by Crippen LogP contribution is 2.25. The van der Waals surface area contributed by atoms with Gasteiger partial charge in [-0.25, -0.2) is 4.79 Å². The summed E-state index contributed by atoms with van der Waals surface area (Å²) in [5.74, 6) is 0.168. The van der Waals surface area contributed by atoms with Crippen LogP contribution in [0.25, 0.3) is 11.3 Å². The first-order chi connectivity index (χ1) is 10.7. The van der Waals surface area contributed by atoms with E-state index < -0.39 is 5.63 Å². The monoisotopic (exact) mass is 301 g/mol. The van der Waals surface area contributed by atoms with Gasteiger partial charge in [0.15, 0.2) is 0 Å². The molecule has 0 saturated heterocycles. The van der Waals surface area contributed by atoms with Crippen molar-refractivity contribution in [1.29, 1.82) is 0 Å². The molecule has 2 rings (SSSR count). The molecule has 5 nitrogen and oxygen atoms in total. The SMILES string of the molecule is CCCC(=NOCC)c1c(O)cc(-c2ccccc2)oc1=O. The highest BCUT2D eigenvalue weighted by atomic mass is 16.6. The summed E-state index contributed by atoms with van der Waals surface area (Å²) in [7, 11) is 0. The number of nitrogens with zero attached hydrogens (tertiary/aromatic N) is 1. The summed E-state index contributed by atoms with van der Waals surface area (Å²) in [6.07, 6.45) is 1.29. The van der Waals surface area contributed by atoms with Gasteiger partial charge >= 0.3 is 5.63 Å². The molecule has 116 valence electrons. The molecule has 0 radical (unpaired) electrons. The van der Waals surface area contributed by atoms with Gasteiger partial charge in [0, 0.05) is 11.6 Å². The lowest BCUT2D eigenvalue weighted by Gasteiger charge is -2.08. The Kier molecular flexibility index (Phi) is 5.36. The largest absolute Gasteiger partial charge is 0.507 e. The van der Waals surface area contributed by atoms with E-state index in [1.165, 1.54) is 6.07 Å². The van der Waals surface area contributed by atoms with E-state index in [0.29, 0.717) is 24.5 Å². The fourth-order valence-corrected chi connectivity index (χ4v) is 2.09. The van der Waals surface area contributed by atoms with Gasteiger partial charge in [-0.15, -0.1) is 0 Å². The van der Waals surface area contributed by atoms with Crippen LogP contribution in [0.1, 0.15) is 32.3 Å². The Morgan fingerprint density at radius 2 is 2.00 bits per heavy atom. The molecule has 1 aromatic carbocycles. The molecule has 1 aromatic heterocycles. The minimum atomic E-state index is -0.620. The van der Waals surface area contributed by atoms with Crippen LogP contribution in [0.5, 0.6) is 5.75 Å². The molecular formula is C17H19NO4. The number of rotatable bonds is 6. The molecule has 0 fully saturated rings. The van der Waals surface area contributed by atoms with E-state index in [9.17, 15) is 9.90 Å². The van der Waals surface area contributed by atoms with Crippen LogP contribution in [0.4, 0.5) is 0 Å². The number of oxime groups is 1. The lowest BCUT2D eigenvalue weighted by molar-refractivity contribution is 0.158. The molecule has 1 heterocycles. The van der Waals surface area contributed by atoms with Gasteiger partial charge in [0.25, 0.3) is 0 Å². The van der Waals surface area contributed by atoms with E-state index in [1.807, 2.05) is 25.1 Å². The molecule has 22 heavy (non-hydrogen) atoms. The molecule has 0 atom stereocenters. The summed E-state index contributed by atoms with van der Waals surface area (Å²) in [5, 5.41) is 14.2. The third-order valence-corrected chi connectivity index (χ3v) is 3.07. The summed E-state index contributed by atoms with van der Waals surface area (Å²) in [6, 6.07) is 10.6. The predicted octanol–water partition coefficient (Wildman–Crippen LogP) is 3.55. The maximum absolute atomic E-state index is 12.3. The van der Waals surface area contributed by atoms with Crippen LogP contribution in [-0.4, -0.2) is 17.4 Å². The summed E-state index contributed by atoms with van der Waals surface area (Å²) in [5.41, 5.74) is 0.566. The van der Waals surface area contributed by atoms with Crippen LogP contribution in [0.15, 0.2) is 50.8 Å². The van der Waals surface area contributed by atoms with E-state index in [1.54, 1.807) is 19.1 Å². The second-order valence-electron chi connectivity index (χ2n) is 4.73. The zero-order valence-electron chi connectivity index (χ0n) is 12.7. The normalized spacial score (nSPS) is 11.5. The first kappa shape index (κ1) is 15.8. The van der Waals surface area contributed by atoms with Gasteiger partial charge in [0.1, 0.15) is 23.7 Å². The van der Waals surface area contributed by atoms with Crippen LogP contribution in [0, 0.1) is 0 Å². The molecule has 0 unspecified atom stereocenters. The lowest BCUT2D eigenvalue weighted by atomic mass is 10.1. The van der Waals surface area contributed by atoms with Crippen LogP contribution < -0.4 is 5.63 Å². The highest BCUT2D eigenvalue weighted by molar-refractivity contribution is 6.02. The lowest BCUT2D eigenvalue weighted by Crippen LogP contribution is -2.16. The van der Waals surface area contributed by atoms with Crippen molar-refractivity contribution in [3.8, 4) is 17.1 Å². The van der Waals surface area contributed by atoms with Crippen molar-refractivity contribution in [2.24, 2.45) is 5.16 Å². The van der Waals surface area contributed by atoms with Gasteiger partial charge in [-0.2, -0.15) is 0 Å². The van der Waals surface area contributed by atoms with E-state index in [0.717, 1.165) is 12.0 Å². The highest BCUT2D eigenvalue weighted by Gasteiger charge is 2.18. The zero-order valence-corrected chi connectivity index (χ0v) is 12.7. The Bertz CT molecular complexity index is 704. The van der Waals surface area contributed by atoms with Crippen molar-refractivity contribution in [1.82, 2.24) is 0 Å². The Morgan fingerprint density at radius 3 is 2.59 bits per heavy atom. The molecule has 2 aromatic rings. The molecular weight excluding hydrogens is 282 g/mol. The quantitative estimate of drug-likeness (QED) is 0.654. The van der Waals surface area contributed by atoms with E-state index >= 15 is 0 Å². The molecule has 5 heteroatoms. The number of hydrogen-bond donors (Lipinski definition) is 1. The summed E-state index contributed by atoms with van der Waals surface area (Å²) >= 11 is 0. The zero-order chi connectivity index (χ0) is 15.9. The Morgan fingerprint density at radius 1 is 1.27 bits per heavy atom. The molecule has 0 aliphatic rings. The first-order valence-electron chi connectivity index (χ1n) is 7.29.